The molecule has 6 rings (SSSR count). The molecule has 3 aromatic rings. The van der Waals surface area contributed by atoms with Crippen molar-refractivity contribution < 1.29 is 4.79 Å². The minimum atomic E-state index is -0.272. The summed E-state index contributed by atoms with van der Waals surface area (Å²) >= 11 is 0. The Bertz CT molecular complexity index is 1210. The second-order valence-corrected chi connectivity index (χ2v) is 8.99. The fourth-order valence-electron chi connectivity index (χ4n) is 5.23. The van der Waals surface area contributed by atoms with E-state index in [9.17, 15) is 4.79 Å². The third-order valence-electron chi connectivity index (χ3n) is 7.05. The smallest absolute Gasteiger partial charge is 0.251 e. The second-order valence-electron chi connectivity index (χ2n) is 8.99. The molecule has 3 aliphatic heterocycles. The van der Waals surface area contributed by atoms with Crippen molar-refractivity contribution in [1.82, 2.24) is 20.2 Å². The summed E-state index contributed by atoms with van der Waals surface area (Å²) in [6, 6.07) is 16.5. The number of hydrogen-bond donors (Lipinski definition) is 2. The number of anilines is 3. The Morgan fingerprint density at radius 2 is 1.97 bits per heavy atom. The monoisotopic (exact) mass is 426 g/mol. The molecule has 4 heterocycles. The molecule has 1 fully saturated rings. The number of amides is 1. The molecule has 8 bridgehead atoms. The molecule has 0 aliphatic carbocycles. The van der Waals surface area contributed by atoms with Crippen molar-refractivity contribution in [2.75, 3.05) is 42.9 Å². The first-order valence-electron chi connectivity index (χ1n) is 11.2. The molecule has 0 radical (unpaired) electrons. The highest BCUT2D eigenvalue weighted by molar-refractivity contribution is 5.98. The zero-order valence-electron chi connectivity index (χ0n) is 18.1. The van der Waals surface area contributed by atoms with E-state index in [-0.39, 0.29) is 11.4 Å². The molecule has 0 spiro atoms. The van der Waals surface area contributed by atoms with Gasteiger partial charge < -0.3 is 15.5 Å². The number of carbonyl (C=O) groups is 1. The molecule has 2 unspecified atom stereocenters. The van der Waals surface area contributed by atoms with Gasteiger partial charge in [0, 0.05) is 61.4 Å². The van der Waals surface area contributed by atoms with Gasteiger partial charge in [-0.25, -0.2) is 9.97 Å². The Morgan fingerprint density at radius 3 is 2.91 bits per heavy atom. The normalized spacial score (nSPS) is 24.0. The lowest BCUT2D eigenvalue weighted by Gasteiger charge is -2.45. The Morgan fingerprint density at radius 1 is 1.03 bits per heavy atom. The number of carbonyl (C=O) groups excluding carboxylic acids is 1. The first kappa shape index (κ1) is 19.3. The zero-order chi connectivity index (χ0) is 21.7. The van der Waals surface area contributed by atoms with Crippen molar-refractivity contribution in [2.45, 2.75) is 18.9 Å². The van der Waals surface area contributed by atoms with E-state index in [1.165, 1.54) is 5.69 Å². The van der Waals surface area contributed by atoms with Crippen LogP contribution >= 0.6 is 0 Å². The van der Waals surface area contributed by atoms with Gasteiger partial charge in [-0.3, -0.25) is 9.69 Å². The number of nitrogens with zero attached hydrogens (tertiary/aromatic N) is 4. The predicted octanol–water partition coefficient (Wildman–Crippen LogP) is 3.37. The van der Waals surface area contributed by atoms with Crippen LogP contribution in [0.25, 0.3) is 11.3 Å². The molecule has 162 valence electrons. The first-order valence-corrected chi connectivity index (χ1v) is 11.2. The van der Waals surface area contributed by atoms with Crippen LogP contribution in [0.4, 0.5) is 17.3 Å². The van der Waals surface area contributed by atoms with Crippen LogP contribution in [0.3, 0.4) is 0 Å². The average Bonchev–Trinajstić information content (AvgIpc) is 3.08. The fourth-order valence-corrected chi connectivity index (χ4v) is 5.23. The molecule has 32 heavy (non-hydrogen) atoms. The summed E-state index contributed by atoms with van der Waals surface area (Å²) in [5.41, 5.74) is 5.57. The van der Waals surface area contributed by atoms with Gasteiger partial charge in [-0.1, -0.05) is 12.1 Å². The van der Waals surface area contributed by atoms with E-state index in [0.717, 1.165) is 60.7 Å². The molecular weight excluding hydrogens is 400 g/mol. The van der Waals surface area contributed by atoms with Crippen LogP contribution in [0.1, 0.15) is 29.3 Å². The zero-order valence-corrected chi connectivity index (χ0v) is 18.1. The summed E-state index contributed by atoms with van der Waals surface area (Å²) in [5, 5.41) is 6.50. The van der Waals surface area contributed by atoms with Gasteiger partial charge in [-0.2, -0.15) is 0 Å². The predicted molar refractivity (Wildman–Crippen MR) is 125 cm³/mol. The summed E-state index contributed by atoms with van der Waals surface area (Å²) in [7, 11) is 0. The Balaban J connectivity index is 1.55. The van der Waals surface area contributed by atoms with Crippen molar-refractivity contribution in [3.63, 3.8) is 0 Å². The Labute approximate surface area is 187 Å². The van der Waals surface area contributed by atoms with E-state index in [0.29, 0.717) is 12.5 Å². The molecule has 1 aromatic heterocycles. The van der Waals surface area contributed by atoms with Gasteiger partial charge in [-0.05, 0) is 55.3 Å². The standard InChI is InChI=1S/C25H26N6O/c1-25-16-27-23(32)20-7-6-17(14-21(20)25)22-8-9-26-24(29-22)28-18-4-2-5-19(15-18)30-10-3-11-31(25)13-12-30/h2,4-9,14-15H,3,10-13,16H2,1H3,(H,27,32)(H,26,28,29). The SMILES string of the molecule is CC12CNC(=O)c3ccc(cc31)-c1ccnc(n1)Nc1cccc(c1)N1CCCN2CC1. The highest BCUT2D eigenvalue weighted by Crippen LogP contribution is 2.37. The molecule has 2 aromatic carbocycles. The summed E-state index contributed by atoms with van der Waals surface area (Å²) in [4.78, 5) is 26.9. The number of benzene rings is 2. The largest absolute Gasteiger partial charge is 0.370 e. The molecule has 1 amide bonds. The summed E-state index contributed by atoms with van der Waals surface area (Å²) in [6.45, 7) is 6.72. The molecule has 7 heteroatoms. The number of aromatic nitrogens is 2. The van der Waals surface area contributed by atoms with Gasteiger partial charge in [0.15, 0.2) is 0 Å². The van der Waals surface area contributed by atoms with E-state index in [2.05, 4.69) is 56.6 Å². The van der Waals surface area contributed by atoms with Crippen LogP contribution < -0.4 is 15.5 Å². The van der Waals surface area contributed by atoms with Gasteiger partial charge in [0.2, 0.25) is 5.95 Å². The maximum absolute atomic E-state index is 12.7. The summed E-state index contributed by atoms with van der Waals surface area (Å²) in [5.74, 6) is 0.562. The van der Waals surface area contributed by atoms with Crippen LogP contribution in [0.5, 0.6) is 0 Å². The van der Waals surface area contributed by atoms with Gasteiger partial charge in [0.05, 0.1) is 11.2 Å². The first-order chi connectivity index (χ1) is 15.6. The van der Waals surface area contributed by atoms with E-state index >= 15 is 0 Å². The maximum atomic E-state index is 12.7. The lowest BCUT2D eigenvalue weighted by atomic mass is 9.81. The van der Waals surface area contributed by atoms with Crippen molar-refractivity contribution in [3.05, 3.63) is 65.9 Å². The van der Waals surface area contributed by atoms with Gasteiger partial charge in [-0.15, -0.1) is 0 Å². The summed E-state index contributed by atoms with van der Waals surface area (Å²) in [6.07, 6.45) is 2.85. The van der Waals surface area contributed by atoms with E-state index in [4.69, 9.17) is 4.98 Å². The average molecular weight is 427 g/mol. The van der Waals surface area contributed by atoms with Gasteiger partial charge >= 0.3 is 0 Å². The van der Waals surface area contributed by atoms with Crippen molar-refractivity contribution in [1.29, 1.82) is 0 Å². The molecule has 7 nitrogen and oxygen atoms in total. The fraction of sp³-hybridized carbons (Fsp3) is 0.320. The Hall–Kier alpha value is -3.45. The lowest BCUT2D eigenvalue weighted by Crippen LogP contribution is -2.56. The maximum Gasteiger partial charge on any atom is 0.251 e. The summed E-state index contributed by atoms with van der Waals surface area (Å²) < 4.78 is 0. The third-order valence-corrected chi connectivity index (χ3v) is 7.05. The minimum absolute atomic E-state index is 0.000500. The quantitative estimate of drug-likeness (QED) is 0.574. The van der Waals surface area contributed by atoms with Crippen molar-refractivity contribution in [3.8, 4) is 11.3 Å². The number of nitrogens with one attached hydrogen (secondary N) is 2. The van der Waals surface area contributed by atoms with Gasteiger partial charge in [0.1, 0.15) is 0 Å². The highest BCUT2D eigenvalue weighted by atomic mass is 16.1. The molecule has 3 aliphatic rings. The molecular formula is C25H26N6O. The van der Waals surface area contributed by atoms with E-state index in [1.54, 1.807) is 6.20 Å². The van der Waals surface area contributed by atoms with Crippen molar-refractivity contribution >= 4 is 23.2 Å². The van der Waals surface area contributed by atoms with Crippen LogP contribution in [0, 0.1) is 0 Å². The van der Waals surface area contributed by atoms with Gasteiger partial charge in [0.25, 0.3) is 5.91 Å². The molecule has 2 atom stereocenters. The second kappa shape index (κ2) is 7.31. The van der Waals surface area contributed by atoms with Crippen LogP contribution in [-0.2, 0) is 5.54 Å². The minimum Gasteiger partial charge on any atom is -0.370 e. The van der Waals surface area contributed by atoms with E-state index < -0.39 is 0 Å². The number of fused-ring (bicyclic) bond motifs is 11. The number of rotatable bonds is 0. The Kier molecular flexibility index (Phi) is 4.40. The topological polar surface area (TPSA) is 73.4 Å². The van der Waals surface area contributed by atoms with Crippen LogP contribution in [0.15, 0.2) is 54.7 Å². The molecule has 0 saturated carbocycles. The third kappa shape index (κ3) is 3.12. The molecule has 2 N–H and O–H groups in total. The van der Waals surface area contributed by atoms with E-state index in [1.807, 2.05) is 24.3 Å². The number of hydrogen-bond acceptors (Lipinski definition) is 6. The van der Waals surface area contributed by atoms with Crippen LogP contribution in [-0.4, -0.2) is 53.5 Å². The highest BCUT2D eigenvalue weighted by Gasteiger charge is 2.41. The lowest BCUT2D eigenvalue weighted by molar-refractivity contribution is 0.0758. The van der Waals surface area contributed by atoms with Crippen molar-refractivity contribution in [2.24, 2.45) is 0 Å². The molecule has 1 saturated heterocycles. The van der Waals surface area contributed by atoms with Crippen LogP contribution in [0.2, 0.25) is 0 Å².